The van der Waals surface area contributed by atoms with Crippen LogP contribution in [0.25, 0.3) is 0 Å². The minimum atomic E-state index is -1.82. The number of carbonyl (C=O) groups is 6. The molecule has 4 N–H and O–H groups in total. The monoisotopic (exact) mass is 710 g/mol. The predicted molar refractivity (Wildman–Crippen MR) is 178 cm³/mol. The van der Waals surface area contributed by atoms with Gasteiger partial charge in [0.2, 0.25) is 0 Å². The zero-order chi connectivity index (χ0) is 38.6. The van der Waals surface area contributed by atoms with Crippen LogP contribution in [-0.4, -0.2) is 159 Å². The number of rotatable bonds is 14. The van der Waals surface area contributed by atoms with Gasteiger partial charge in [-0.2, -0.15) is 0 Å². The predicted octanol–water partition coefficient (Wildman–Crippen LogP) is 0.513. The van der Waals surface area contributed by atoms with Gasteiger partial charge in [0.05, 0.1) is 28.4 Å². The maximum atomic E-state index is 13.6. The van der Waals surface area contributed by atoms with Gasteiger partial charge < -0.3 is 59.0 Å². The molecule has 0 aliphatic heterocycles. The Morgan fingerprint density at radius 1 is 0.480 bits per heavy atom. The van der Waals surface area contributed by atoms with Crippen LogP contribution in [0.4, 0.5) is 0 Å². The number of benzene rings is 2. The summed E-state index contributed by atoms with van der Waals surface area (Å²) in [6, 6.07) is 11.0. The average molecular weight is 711 g/mol. The molecule has 0 aliphatic carbocycles. The maximum absolute atomic E-state index is 13.6. The van der Waals surface area contributed by atoms with Crippen LogP contribution in [-0.2, 0) is 41.9 Å². The van der Waals surface area contributed by atoms with E-state index in [0.717, 1.165) is 11.1 Å². The lowest BCUT2D eigenvalue weighted by Crippen LogP contribution is -2.48. The number of hydrogen-bond acceptors (Lipinski definition) is 12. The first-order chi connectivity index (χ1) is 23.4. The van der Waals surface area contributed by atoms with Crippen molar-refractivity contribution < 1.29 is 68.1 Å². The molecule has 2 aromatic carbocycles. The van der Waals surface area contributed by atoms with Gasteiger partial charge >= 0.3 is 35.7 Å². The molecular formula is C32H46N4O14. The number of ether oxygens (including phenoxy) is 4. The van der Waals surface area contributed by atoms with Gasteiger partial charge in [0.25, 0.3) is 0 Å². The summed E-state index contributed by atoms with van der Waals surface area (Å²) < 4.78 is 21.5. The molecule has 0 spiro atoms. The summed E-state index contributed by atoms with van der Waals surface area (Å²) in [5, 5.41) is 29.6. The second-order valence-corrected chi connectivity index (χ2v) is 10.7. The Labute approximate surface area is 289 Å². The van der Waals surface area contributed by atoms with Crippen LogP contribution in [0.1, 0.15) is 11.1 Å². The van der Waals surface area contributed by atoms with Crippen LogP contribution in [0, 0.1) is 0 Å². The van der Waals surface area contributed by atoms with Gasteiger partial charge in [-0.05, 0) is 63.6 Å². The molecule has 0 fully saturated rings. The molecule has 0 saturated carbocycles. The number of amides is 2. The number of nitrogens with zero attached hydrogens (tertiary/aromatic N) is 4. The fraction of sp³-hybridized carbons (Fsp3) is 0.438. The molecular weight excluding hydrogens is 664 g/mol. The van der Waals surface area contributed by atoms with Crippen LogP contribution in [0.5, 0.6) is 23.0 Å². The summed E-state index contributed by atoms with van der Waals surface area (Å²) in [7, 11) is 14.0. The molecule has 50 heavy (non-hydrogen) atoms. The summed E-state index contributed by atoms with van der Waals surface area (Å²) in [5.41, 5.74) is 1.67. The van der Waals surface area contributed by atoms with E-state index in [0.29, 0.717) is 49.2 Å². The number of carboxylic acid groups (broad SMARTS) is 4. The van der Waals surface area contributed by atoms with Gasteiger partial charge in [0.1, 0.15) is 0 Å². The molecule has 0 unspecified atom stereocenters. The molecule has 278 valence electrons. The van der Waals surface area contributed by atoms with E-state index >= 15 is 0 Å². The second-order valence-electron chi connectivity index (χ2n) is 10.7. The van der Waals surface area contributed by atoms with Gasteiger partial charge in [0.15, 0.2) is 23.0 Å². The number of aliphatic carboxylic acids is 4. The normalized spacial score (nSPS) is 10.0. The molecule has 2 aromatic rings. The molecule has 0 radical (unpaired) electrons. The van der Waals surface area contributed by atoms with E-state index in [1.807, 2.05) is 62.3 Å². The second kappa shape index (κ2) is 22.9. The zero-order valence-electron chi connectivity index (χ0n) is 29.4. The minimum absolute atomic E-state index is 0.261. The van der Waals surface area contributed by atoms with Crippen molar-refractivity contribution in [1.29, 1.82) is 0 Å². The third kappa shape index (κ3) is 16.5. The van der Waals surface area contributed by atoms with Gasteiger partial charge in [-0.15, -0.1) is 0 Å². The van der Waals surface area contributed by atoms with Crippen molar-refractivity contribution in [3.8, 4) is 23.0 Å². The van der Waals surface area contributed by atoms with Gasteiger partial charge in [-0.25, -0.2) is 19.2 Å². The van der Waals surface area contributed by atoms with Crippen molar-refractivity contribution in [3.05, 3.63) is 47.5 Å². The third-order valence-electron chi connectivity index (χ3n) is 6.40. The Morgan fingerprint density at radius 3 is 0.980 bits per heavy atom. The molecule has 0 heterocycles. The molecule has 0 aromatic heterocycles. The average Bonchev–Trinajstić information content (AvgIpc) is 3.07. The van der Waals surface area contributed by atoms with Crippen LogP contribution in [0.15, 0.2) is 36.4 Å². The summed E-state index contributed by atoms with van der Waals surface area (Å²) in [4.78, 5) is 70.8. The highest BCUT2D eigenvalue weighted by Gasteiger charge is 2.28. The molecule has 0 atom stereocenters. The molecule has 2 amide bonds. The Balaban J connectivity index is 0.00000170. The first-order valence-corrected chi connectivity index (χ1v) is 14.6. The largest absolute Gasteiger partial charge is 0.493 e. The molecule has 18 heteroatoms. The van der Waals surface area contributed by atoms with E-state index in [1.165, 1.54) is 0 Å². The van der Waals surface area contributed by atoms with Crippen LogP contribution < -0.4 is 18.9 Å². The Bertz CT molecular complexity index is 1320. The minimum Gasteiger partial charge on any atom is -0.493 e. The summed E-state index contributed by atoms with van der Waals surface area (Å²) in [6.45, 7) is 2.53. The number of hydrogen-bond donors (Lipinski definition) is 4. The number of carboxylic acids is 4. The molecule has 0 saturated heterocycles. The fourth-order valence-electron chi connectivity index (χ4n) is 3.82. The highest BCUT2D eigenvalue weighted by Crippen LogP contribution is 2.29. The van der Waals surface area contributed by atoms with E-state index in [2.05, 4.69) is 0 Å². The molecule has 0 bridgehead atoms. The number of likely N-dealkylation sites (N-methyl/N-ethyl adjacent to an activating group) is 2. The SMILES string of the molecule is COc1ccc(CN(CCN(C)C)C(=O)C(=O)N(CCN(C)C)Cc2ccc(OC)c(OC)c2)cc1OC.O=C(O)C(=O)O.O=C(O)C(=O)O. The Hall–Kier alpha value is -5.62. The lowest BCUT2D eigenvalue weighted by molar-refractivity contribution is -0.159. The first kappa shape index (κ1) is 44.4. The smallest absolute Gasteiger partial charge is 0.414 e. The van der Waals surface area contributed by atoms with Crippen LogP contribution in [0.2, 0.25) is 0 Å². The van der Waals surface area contributed by atoms with Gasteiger partial charge in [0, 0.05) is 39.3 Å². The molecule has 2 rings (SSSR count). The van der Waals surface area contributed by atoms with E-state index in [1.54, 1.807) is 50.4 Å². The zero-order valence-corrected chi connectivity index (χ0v) is 29.4. The van der Waals surface area contributed by atoms with Crippen molar-refractivity contribution in [3.63, 3.8) is 0 Å². The quantitative estimate of drug-likeness (QED) is 0.196. The van der Waals surface area contributed by atoms with E-state index in [-0.39, 0.29) is 13.1 Å². The van der Waals surface area contributed by atoms with Crippen LogP contribution in [0.3, 0.4) is 0 Å². The topological polar surface area (TPSA) is 233 Å². The summed E-state index contributed by atoms with van der Waals surface area (Å²) in [5.74, 6) is -6.07. The van der Waals surface area contributed by atoms with E-state index in [4.69, 9.17) is 58.6 Å². The standard InChI is InChI=1S/C28H42N4O6.2C2H2O4/c1-29(2)13-15-31(19-21-9-11-23(35-5)25(17-21)37-7)27(33)28(34)32(16-14-30(3)4)20-22-10-12-24(36-6)26(18-22)38-8;2*3-1(4)2(5)6/h9-12,17-18H,13-16,19-20H2,1-8H3;2*(H,3,4)(H,5,6). The third-order valence-corrected chi connectivity index (χ3v) is 6.40. The lowest BCUT2D eigenvalue weighted by Gasteiger charge is -2.29. The first-order valence-electron chi connectivity index (χ1n) is 14.6. The van der Waals surface area contributed by atoms with Crippen molar-refractivity contribution in [2.24, 2.45) is 0 Å². The number of carbonyl (C=O) groups excluding carboxylic acids is 2. The molecule has 0 aliphatic rings. The van der Waals surface area contributed by atoms with Crippen molar-refractivity contribution in [2.75, 3.05) is 82.8 Å². The Morgan fingerprint density at radius 2 is 0.760 bits per heavy atom. The Kier molecular flexibility index (Phi) is 20.3. The van der Waals surface area contributed by atoms with Crippen molar-refractivity contribution in [2.45, 2.75) is 13.1 Å². The highest BCUT2D eigenvalue weighted by molar-refractivity contribution is 6.34. The maximum Gasteiger partial charge on any atom is 0.414 e. The fourth-order valence-corrected chi connectivity index (χ4v) is 3.82. The number of methoxy groups -OCH3 is 4. The van der Waals surface area contributed by atoms with Crippen LogP contribution >= 0.6 is 0 Å². The summed E-state index contributed by atoms with van der Waals surface area (Å²) in [6.07, 6.45) is 0. The van der Waals surface area contributed by atoms with Crippen molar-refractivity contribution >= 4 is 35.7 Å². The van der Waals surface area contributed by atoms with Gasteiger partial charge in [-0.3, -0.25) is 9.59 Å². The van der Waals surface area contributed by atoms with E-state index in [9.17, 15) is 9.59 Å². The van der Waals surface area contributed by atoms with E-state index < -0.39 is 35.7 Å². The van der Waals surface area contributed by atoms with Crippen molar-refractivity contribution in [1.82, 2.24) is 19.6 Å². The lowest BCUT2D eigenvalue weighted by atomic mass is 10.1. The molecule has 18 nitrogen and oxygen atoms in total. The van der Waals surface area contributed by atoms with Gasteiger partial charge in [-0.1, -0.05) is 12.1 Å². The summed E-state index contributed by atoms with van der Waals surface area (Å²) >= 11 is 0. The highest BCUT2D eigenvalue weighted by atomic mass is 16.5.